The van der Waals surface area contributed by atoms with E-state index in [1.807, 2.05) is 6.08 Å². The van der Waals surface area contributed by atoms with E-state index in [0.29, 0.717) is 0 Å². The van der Waals surface area contributed by atoms with Crippen molar-refractivity contribution >= 4 is 6.08 Å². The first-order valence-electron chi connectivity index (χ1n) is 6.87. The second kappa shape index (κ2) is 6.31. The van der Waals surface area contributed by atoms with Gasteiger partial charge in [0.05, 0.1) is 0 Å². The Bertz CT molecular complexity index is 429. The summed E-state index contributed by atoms with van der Waals surface area (Å²) in [5.41, 5.74) is 1.06. The molecule has 1 aromatic carbocycles. The largest absolute Gasteiger partial charge is 0.396 e. The van der Waals surface area contributed by atoms with Crippen LogP contribution in [-0.2, 0) is 0 Å². The second-order valence-electron chi connectivity index (χ2n) is 5.76. The van der Waals surface area contributed by atoms with Crippen LogP contribution in [0.4, 0.5) is 4.39 Å². The number of aliphatic hydroxyl groups is 1. The predicted molar refractivity (Wildman–Crippen MR) is 76.3 cm³/mol. The molecule has 1 aliphatic rings. The number of nitrogens with zero attached hydrogens (tertiary/aromatic N) is 1. The molecule has 1 fully saturated rings. The Labute approximate surface area is 114 Å². The summed E-state index contributed by atoms with van der Waals surface area (Å²) < 4.78 is 12.8. The van der Waals surface area contributed by atoms with Gasteiger partial charge in [0.25, 0.3) is 0 Å². The lowest BCUT2D eigenvalue weighted by Crippen LogP contribution is -2.43. The average Bonchev–Trinajstić information content (AvgIpc) is 2.41. The molecule has 0 aliphatic carbocycles. The summed E-state index contributed by atoms with van der Waals surface area (Å²) in [6, 6.07) is 6.51. The van der Waals surface area contributed by atoms with Gasteiger partial charge in [0, 0.05) is 25.1 Å². The third-order valence-corrected chi connectivity index (χ3v) is 3.79. The summed E-state index contributed by atoms with van der Waals surface area (Å²) in [4.78, 5) is 2.36. The van der Waals surface area contributed by atoms with Crippen molar-refractivity contribution in [2.24, 2.45) is 5.41 Å². The van der Waals surface area contributed by atoms with Crippen molar-refractivity contribution in [2.75, 3.05) is 26.2 Å². The van der Waals surface area contributed by atoms with E-state index in [4.69, 9.17) is 0 Å². The molecule has 2 nitrogen and oxygen atoms in total. The van der Waals surface area contributed by atoms with E-state index >= 15 is 0 Å². The molecule has 3 heteroatoms. The van der Waals surface area contributed by atoms with Gasteiger partial charge in [-0.15, -0.1) is 0 Å². The highest BCUT2D eigenvalue weighted by atomic mass is 19.1. The molecule has 0 amide bonds. The van der Waals surface area contributed by atoms with Crippen LogP contribution in [0.25, 0.3) is 6.08 Å². The molecule has 1 aromatic rings. The highest BCUT2D eigenvalue weighted by Crippen LogP contribution is 2.28. The lowest BCUT2D eigenvalue weighted by Gasteiger charge is -2.38. The van der Waals surface area contributed by atoms with Gasteiger partial charge in [0.1, 0.15) is 5.82 Å². The zero-order valence-corrected chi connectivity index (χ0v) is 11.5. The first kappa shape index (κ1) is 14.2. The Morgan fingerprint density at radius 2 is 2.11 bits per heavy atom. The number of aliphatic hydroxyl groups excluding tert-OH is 1. The Morgan fingerprint density at radius 3 is 2.79 bits per heavy atom. The fourth-order valence-electron chi connectivity index (χ4n) is 2.62. The van der Waals surface area contributed by atoms with Crippen LogP contribution in [0.2, 0.25) is 0 Å². The van der Waals surface area contributed by atoms with E-state index in [0.717, 1.165) is 38.0 Å². The molecule has 0 spiro atoms. The number of piperidine rings is 1. The molecule has 0 saturated carbocycles. The maximum Gasteiger partial charge on any atom is 0.123 e. The van der Waals surface area contributed by atoms with E-state index in [1.54, 1.807) is 12.1 Å². The van der Waals surface area contributed by atoms with Crippen LogP contribution in [-0.4, -0.2) is 36.2 Å². The van der Waals surface area contributed by atoms with Gasteiger partial charge in [0.2, 0.25) is 0 Å². The standard InChI is InChI=1S/C16H22FNO/c1-16(13-19)9-3-11-18(12-16)10-2-4-14-5-7-15(17)8-6-14/h2,4-8,19H,3,9-13H2,1H3/b4-2+. The minimum atomic E-state index is -0.202. The van der Waals surface area contributed by atoms with Crippen LogP contribution in [0.15, 0.2) is 30.3 Å². The van der Waals surface area contributed by atoms with E-state index in [2.05, 4.69) is 17.9 Å². The maximum atomic E-state index is 12.8. The Morgan fingerprint density at radius 1 is 1.37 bits per heavy atom. The Kier molecular flexibility index (Phi) is 4.72. The predicted octanol–water partition coefficient (Wildman–Crippen LogP) is 2.93. The van der Waals surface area contributed by atoms with Crippen LogP contribution in [0, 0.1) is 11.2 Å². The van der Waals surface area contributed by atoms with Gasteiger partial charge in [-0.05, 0) is 37.1 Å². The second-order valence-corrected chi connectivity index (χ2v) is 5.76. The molecule has 1 saturated heterocycles. The molecule has 19 heavy (non-hydrogen) atoms. The lowest BCUT2D eigenvalue weighted by atomic mass is 9.83. The summed E-state index contributed by atoms with van der Waals surface area (Å²) in [6.07, 6.45) is 6.36. The number of rotatable bonds is 4. The summed E-state index contributed by atoms with van der Waals surface area (Å²) in [7, 11) is 0. The molecule has 0 aromatic heterocycles. The van der Waals surface area contributed by atoms with Crippen molar-refractivity contribution < 1.29 is 9.50 Å². The molecule has 104 valence electrons. The third-order valence-electron chi connectivity index (χ3n) is 3.79. The van der Waals surface area contributed by atoms with E-state index in [9.17, 15) is 9.50 Å². The van der Waals surface area contributed by atoms with E-state index in [1.165, 1.54) is 12.1 Å². The monoisotopic (exact) mass is 263 g/mol. The molecule has 1 N–H and O–H groups in total. The summed E-state index contributed by atoms with van der Waals surface area (Å²) in [6.45, 7) is 5.31. The van der Waals surface area contributed by atoms with Crippen LogP contribution in [0.3, 0.4) is 0 Å². The third kappa shape index (κ3) is 4.15. The van der Waals surface area contributed by atoms with Crippen molar-refractivity contribution in [3.8, 4) is 0 Å². The zero-order chi connectivity index (χ0) is 13.7. The van der Waals surface area contributed by atoms with Gasteiger partial charge in [-0.1, -0.05) is 31.2 Å². The van der Waals surface area contributed by atoms with Crippen LogP contribution < -0.4 is 0 Å². The van der Waals surface area contributed by atoms with Crippen molar-refractivity contribution in [1.82, 2.24) is 4.90 Å². The van der Waals surface area contributed by atoms with Crippen molar-refractivity contribution in [1.29, 1.82) is 0 Å². The summed E-state index contributed by atoms with van der Waals surface area (Å²) >= 11 is 0. The SMILES string of the molecule is CC1(CO)CCCN(C/C=C/c2ccc(F)cc2)C1. The first-order valence-corrected chi connectivity index (χ1v) is 6.87. The number of hydrogen-bond donors (Lipinski definition) is 1. The van der Waals surface area contributed by atoms with E-state index in [-0.39, 0.29) is 17.8 Å². The van der Waals surface area contributed by atoms with Crippen LogP contribution in [0.1, 0.15) is 25.3 Å². The molecular weight excluding hydrogens is 241 g/mol. The van der Waals surface area contributed by atoms with Gasteiger partial charge in [-0.25, -0.2) is 4.39 Å². The Hall–Kier alpha value is -1.19. The van der Waals surface area contributed by atoms with Crippen molar-refractivity contribution in [2.45, 2.75) is 19.8 Å². The molecule has 1 atom stereocenters. The van der Waals surface area contributed by atoms with Crippen molar-refractivity contribution in [3.63, 3.8) is 0 Å². The van der Waals surface area contributed by atoms with Gasteiger partial charge in [-0.3, -0.25) is 4.90 Å². The van der Waals surface area contributed by atoms with Gasteiger partial charge in [-0.2, -0.15) is 0 Å². The zero-order valence-electron chi connectivity index (χ0n) is 11.5. The maximum absolute atomic E-state index is 12.8. The Balaban J connectivity index is 1.86. The smallest absolute Gasteiger partial charge is 0.123 e. The average molecular weight is 263 g/mol. The number of halogens is 1. The van der Waals surface area contributed by atoms with E-state index < -0.39 is 0 Å². The first-order chi connectivity index (χ1) is 9.11. The van der Waals surface area contributed by atoms with Crippen molar-refractivity contribution in [3.05, 3.63) is 41.7 Å². The fourth-order valence-corrected chi connectivity index (χ4v) is 2.62. The van der Waals surface area contributed by atoms with Gasteiger partial charge in [0.15, 0.2) is 0 Å². The summed E-state index contributed by atoms with van der Waals surface area (Å²) in [5.74, 6) is -0.202. The quantitative estimate of drug-likeness (QED) is 0.903. The molecule has 1 aliphatic heterocycles. The molecule has 0 bridgehead atoms. The molecule has 1 heterocycles. The molecular formula is C16H22FNO. The fraction of sp³-hybridized carbons (Fsp3) is 0.500. The molecule has 0 radical (unpaired) electrons. The number of hydrogen-bond acceptors (Lipinski definition) is 2. The topological polar surface area (TPSA) is 23.5 Å². The molecule has 2 rings (SSSR count). The van der Waals surface area contributed by atoms with Crippen LogP contribution >= 0.6 is 0 Å². The number of likely N-dealkylation sites (tertiary alicyclic amines) is 1. The highest BCUT2D eigenvalue weighted by molar-refractivity contribution is 5.48. The van der Waals surface area contributed by atoms with Gasteiger partial charge >= 0.3 is 0 Å². The van der Waals surface area contributed by atoms with Crippen LogP contribution in [0.5, 0.6) is 0 Å². The number of benzene rings is 1. The minimum Gasteiger partial charge on any atom is -0.396 e. The molecule has 1 unspecified atom stereocenters. The minimum absolute atomic E-state index is 0.0436. The highest BCUT2D eigenvalue weighted by Gasteiger charge is 2.29. The van der Waals surface area contributed by atoms with Gasteiger partial charge < -0.3 is 5.11 Å². The lowest BCUT2D eigenvalue weighted by molar-refractivity contribution is 0.0524. The normalized spacial score (nSPS) is 25.0. The summed E-state index contributed by atoms with van der Waals surface area (Å²) in [5, 5.41) is 9.42.